The monoisotopic (exact) mass is 298 g/mol. The number of benzene rings is 2. The normalized spacial score (nSPS) is 14.1. The van der Waals surface area contributed by atoms with Crippen molar-refractivity contribution in [3.05, 3.63) is 71.8 Å². The van der Waals surface area contributed by atoms with Gasteiger partial charge in [0.05, 0.1) is 0 Å². The lowest BCUT2D eigenvalue weighted by atomic mass is 9.66. The smallest absolute Gasteiger partial charge is 0.147 e. The molecule has 0 bridgehead atoms. The van der Waals surface area contributed by atoms with E-state index in [2.05, 4.69) is 88.4 Å². The Kier molecular flexibility index (Phi) is 4.69. The second-order valence-electron chi connectivity index (χ2n) is 6.76. The largest absolute Gasteiger partial charge is 0.414 e. The summed E-state index contributed by atoms with van der Waals surface area (Å²) in [6, 6.07) is 21.3. The van der Waals surface area contributed by atoms with Crippen molar-refractivity contribution in [1.29, 1.82) is 0 Å². The molecule has 0 aliphatic rings. The van der Waals surface area contributed by atoms with Gasteiger partial charge in [-0.3, -0.25) is 0 Å². The fraction of sp³-hybridized carbons (Fsp3) is 0.368. The third-order valence-corrected chi connectivity index (χ3v) is 5.28. The Hall–Kier alpha value is -1.38. The van der Waals surface area contributed by atoms with Gasteiger partial charge < -0.3 is 4.43 Å². The summed E-state index contributed by atoms with van der Waals surface area (Å²) in [6.07, 6.45) is 0. The highest BCUT2D eigenvalue weighted by Gasteiger charge is 2.44. The van der Waals surface area contributed by atoms with Crippen molar-refractivity contribution in [2.75, 3.05) is 0 Å². The molecule has 0 heterocycles. The molecule has 0 N–H and O–H groups in total. The first-order valence-electron chi connectivity index (χ1n) is 7.59. The van der Waals surface area contributed by atoms with Gasteiger partial charge in [-0.2, -0.15) is 0 Å². The molecule has 2 heteroatoms. The highest BCUT2D eigenvalue weighted by molar-refractivity contribution is 5.98. The van der Waals surface area contributed by atoms with E-state index in [9.17, 15) is 0 Å². The lowest BCUT2D eigenvalue weighted by Crippen LogP contribution is -2.43. The highest BCUT2D eigenvalue weighted by atomic mass is 28.2. The van der Waals surface area contributed by atoms with Crippen molar-refractivity contribution in [3.8, 4) is 0 Å². The molecule has 21 heavy (non-hydrogen) atoms. The summed E-state index contributed by atoms with van der Waals surface area (Å²) >= 11 is 0. The van der Waals surface area contributed by atoms with Crippen molar-refractivity contribution in [1.82, 2.24) is 0 Å². The Morgan fingerprint density at radius 3 is 1.48 bits per heavy atom. The second kappa shape index (κ2) is 6.16. The van der Waals surface area contributed by atoms with E-state index in [1.807, 2.05) is 0 Å². The minimum absolute atomic E-state index is 0.149. The number of hydrogen-bond donors (Lipinski definition) is 0. The first-order valence-corrected chi connectivity index (χ1v) is 8.40. The summed E-state index contributed by atoms with van der Waals surface area (Å²) in [7, 11) is 0.697. The zero-order chi connectivity index (χ0) is 15.5. The van der Waals surface area contributed by atoms with Crippen LogP contribution in [0.1, 0.15) is 38.8 Å². The zero-order valence-electron chi connectivity index (χ0n) is 13.8. The molecule has 0 saturated heterocycles. The lowest BCUT2D eigenvalue weighted by molar-refractivity contribution is 0.00451. The minimum Gasteiger partial charge on any atom is -0.414 e. The van der Waals surface area contributed by atoms with Gasteiger partial charge in [0.1, 0.15) is 16.1 Å². The van der Waals surface area contributed by atoms with Crippen molar-refractivity contribution < 1.29 is 4.43 Å². The van der Waals surface area contributed by atoms with Gasteiger partial charge in [-0.05, 0) is 22.5 Å². The van der Waals surface area contributed by atoms with E-state index in [0.717, 1.165) is 0 Å². The van der Waals surface area contributed by atoms with Crippen LogP contribution < -0.4 is 0 Å². The van der Waals surface area contributed by atoms with E-state index < -0.39 is 0 Å². The fourth-order valence-corrected chi connectivity index (χ4v) is 3.89. The number of rotatable bonds is 4. The molecule has 2 rings (SSSR count). The summed E-state index contributed by atoms with van der Waals surface area (Å²) in [5.41, 5.74) is 2.27. The molecule has 2 aromatic carbocycles. The minimum atomic E-state index is -0.368. The number of hydrogen-bond acceptors (Lipinski definition) is 1. The fourth-order valence-electron chi connectivity index (χ4n) is 3.06. The summed E-state index contributed by atoms with van der Waals surface area (Å²) in [5, 5.41) is 0. The van der Waals surface area contributed by atoms with Crippen LogP contribution in [0.25, 0.3) is 0 Å². The van der Waals surface area contributed by atoms with Crippen LogP contribution in [0, 0.1) is 11.3 Å². The van der Waals surface area contributed by atoms with Gasteiger partial charge in [-0.25, -0.2) is 0 Å². The molecule has 0 radical (unpaired) electrons. The van der Waals surface area contributed by atoms with Gasteiger partial charge in [0.2, 0.25) is 0 Å². The van der Waals surface area contributed by atoms with E-state index in [1.54, 1.807) is 0 Å². The molecule has 2 aromatic rings. The van der Waals surface area contributed by atoms with E-state index >= 15 is 0 Å². The average Bonchev–Trinajstić information content (AvgIpc) is 2.50. The molecule has 1 unspecified atom stereocenters. The van der Waals surface area contributed by atoms with Crippen molar-refractivity contribution in [2.45, 2.75) is 33.3 Å². The highest BCUT2D eigenvalue weighted by Crippen LogP contribution is 2.47. The molecular weight excluding hydrogens is 272 g/mol. The molecular formula is C19H26OSi. The van der Waals surface area contributed by atoms with Crippen LogP contribution >= 0.6 is 0 Å². The van der Waals surface area contributed by atoms with Crippen LogP contribution in [-0.4, -0.2) is 10.5 Å². The summed E-state index contributed by atoms with van der Waals surface area (Å²) in [4.78, 5) is 0. The van der Waals surface area contributed by atoms with Gasteiger partial charge in [-0.15, -0.1) is 0 Å². The summed E-state index contributed by atoms with van der Waals surface area (Å²) in [6.45, 7) is 9.18. The van der Waals surface area contributed by atoms with Crippen molar-refractivity contribution in [3.63, 3.8) is 0 Å². The van der Waals surface area contributed by atoms with Crippen molar-refractivity contribution in [2.24, 2.45) is 11.3 Å². The molecule has 0 aromatic heterocycles. The van der Waals surface area contributed by atoms with Crippen LogP contribution in [0.4, 0.5) is 0 Å². The van der Waals surface area contributed by atoms with Gasteiger partial charge in [-0.1, -0.05) is 88.4 Å². The van der Waals surface area contributed by atoms with E-state index in [-0.39, 0.29) is 11.0 Å². The SMILES string of the molecule is CC(C(C)(C)C)C(O[SiH3])(c1ccccc1)c1ccccc1. The summed E-state index contributed by atoms with van der Waals surface area (Å²) < 4.78 is 6.34. The maximum Gasteiger partial charge on any atom is 0.147 e. The lowest BCUT2D eigenvalue weighted by Gasteiger charge is -2.45. The van der Waals surface area contributed by atoms with E-state index in [0.29, 0.717) is 16.4 Å². The van der Waals surface area contributed by atoms with Crippen LogP contribution in [0.15, 0.2) is 60.7 Å². The predicted molar refractivity (Wildman–Crippen MR) is 93.3 cm³/mol. The van der Waals surface area contributed by atoms with Crippen LogP contribution in [0.3, 0.4) is 0 Å². The topological polar surface area (TPSA) is 9.23 Å². The van der Waals surface area contributed by atoms with Crippen LogP contribution in [0.5, 0.6) is 0 Å². The third kappa shape index (κ3) is 2.97. The quantitative estimate of drug-likeness (QED) is 0.778. The first kappa shape index (κ1) is 16.0. The van der Waals surface area contributed by atoms with Gasteiger partial charge in [0.15, 0.2) is 0 Å². The molecule has 0 saturated carbocycles. The Bertz CT molecular complexity index is 518. The van der Waals surface area contributed by atoms with Crippen molar-refractivity contribution >= 4 is 10.5 Å². The Balaban J connectivity index is 2.69. The molecule has 0 aliphatic carbocycles. The Morgan fingerprint density at radius 1 is 0.810 bits per heavy atom. The van der Waals surface area contributed by atoms with E-state index in [4.69, 9.17) is 4.43 Å². The third-order valence-electron chi connectivity index (χ3n) is 4.64. The standard InChI is InChI=1S/C19H26OSi/c1-15(18(2,3)4)19(20-21,16-11-7-5-8-12-16)17-13-9-6-10-14-17/h5-15H,1-4,21H3. The molecule has 0 fully saturated rings. The molecule has 0 amide bonds. The first-order chi connectivity index (χ1) is 9.93. The molecule has 1 atom stereocenters. The maximum atomic E-state index is 6.34. The van der Waals surface area contributed by atoms with Crippen LogP contribution in [-0.2, 0) is 10.0 Å². The molecule has 0 spiro atoms. The zero-order valence-corrected chi connectivity index (χ0v) is 15.8. The molecule has 112 valence electrons. The maximum absolute atomic E-state index is 6.34. The van der Waals surface area contributed by atoms with Gasteiger partial charge in [0, 0.05) is 0 Å². The molecule has 0 aliphatic heterocycles. The molecule has 1 nitrogen and oxygen atoms in total. The summed E-state index contributed by atoms with van der Waals surface area (Å²) in [5.74, 6) is 0.354. The van der Waals surface area contributed by atoms with Gasteiger partial charge >= 0.3 is 0 Å². The average molecular weight is 299 g/mol. The van der Waals surface area contributed by atoms with E-state index in [1.165, 1.54) is 11.1 Å². The second-order valence-corrected chi connectivity index (χ2v) is 7.17. The predicted octanol–water partition coefficient (Wildman–Crippen LogP) is 3.91. The van der Waals surface area contributed by atoms with Gasteiger partial charge in [0.25, 0.3) is 0 Å². The van der Waals surface area contributed by atoms with Crippen LogP contribution in [0.2, 0.25) is 0 Å². The Morgan fingerprint density at radius 2 is 1.19 bits per heavy atom. The Labute approximate surface area is 131 Å².